The summed E-state index contributed by atoms with van der Waals surface area (Å²) in [4.78, 5) is 0. The van der Waals surface area contributed by atoms with E-state index in [4.69, 9.17) is 23.2 Å². The molecule has 16 heavy (non-hydrogen) atoms. The van der Waals surface area contributed by atoms with Gasteiger partial charge in [-0.15, -0.1) is 5.10 Å². The van der Waals surface area contributed by atoms with Crippen molar-refractivity contribution in [2.75, 3.05) is 5.32 Å². The van der Waals surface area contributed by atoms with Crippen molar-refractivity contribution in [1.29, 1.82) is 0 Å². The molecule has 0 aliphatic carbocycles. The Morgan fingerprint density at radius 2 is 2.19 bits per heavy atom. The number of rotatable bonds is 3. The second-order valence-corrected chi connectivity index (χ2v) is 5.02. The summed E-state index contributed by atoms with van der Waals surface area (Å²) in [5.41, 5.74) is 2.76. The fourth-order valence-electron chi connectivity index (χ4n) is 1.28. The van der Waals surface area contributed by atoms with Crippen LogP contribution in [0.3, 0.4) is 0 Å². The van der Waals surface area contributed by atoms with Crippen LogP contribution in [0.1, 0.15) is 11.3 Å². The largest absolute Gasteiger partial charge is 0.379 e. The van der Waals surface area contributed by atoms with Crippen LogP contribution in [0.4, 0.5) is 5.69 Å². The van der Waals surface area contributed by atoms with Gasteiger partial charge in [-0.05, 0) is 24.6 Å². The number of benzene rings is 1. The predicted octanol–water partition coefficient (Wildman–Crippen LogP) is 3.77. The van der Waals surface area contributed by atoms with Crippen LogP contribution in [0.2, 0.25) is 9.36 Å². The van der Waals surface area contributed by atoms with Crippen molar-refractivity contribution in [3.63, 3.8) is 0 Å². The van der Waals surface area contributed by atoms with E-state index in [-0.39, 0.29) is 0 Å². The number of anilines is 1. The molecular weight excluding hydrogens is 265 g/mol. The summed E-state index contributed by atoms with van der Waals surface area (Å²) >= 11 is 13.1. The Labute approximate surface area is 108 Å². The fraction of sp³-hybridized carbons (Fsp3) is 0.200. The summed E-state index contributed by atoms with van der Waals surface area (Å²) in [6, 6.07) is 5.73. The maximum absolute atomic E-state index is 6.01. The molecule has 1 aromatic carbocycles. The molecule has 0 amide bonds. The quantitative estimate of drug-likeness (QED) is 0.925. The van der Waals surface area contributed by atoms with Gasteiger partial charge in [0.15, 0.2) is 0 Å². The van der Waals surface area contributed by atoms with Crippen LogP contribution in [-0.4, -0.2) is 9.59 Å². The lowest BCUT2D eigenvalue weighted by Crippen LogP contribution is -2.02. The highest BCUT2D eigenvalue weighted by atomic mass is 35.5. The van der Waals surface area contributed by atoms with Crippen molar-refractivity contribution in [1.82, 2.24) is 9.59 Å². The molecule has 2 aromatic rings. The number of hydrogen-bond acceptors (Lipinski definition) is 4. The molecule has 1 aromatic heterocycles. The van der Waals surface area contributed by atoms with E-state index in [1.165, 1.54) is 11.5 Å². The Morgan fingerprint density at radius 1 is 1.38 bits per heavy atom. The number of nitrogens with zero attached hydrogens (tertiary/aromatic N) is 2. The summed E-state index contributed by atoms with van der Waals surface area (Å²) in [7, 11) is 0. The third-order valence-corrected chi connectivity index (χ3v) is 3.62. The molecule has 3 nitrogen and oxygen atoms in total. The maximum atomic E-state index is 6.01. The molecule has 1 heterocycles. The molecule has 0 spiro atoms. The van der Waals surface area contributed by atoms with Gasteiger partial charge >= 0.3 is 0 Å². The van der Waals surface area contributed by atoms with Gasteiger partial charge in [-0.2, -0.15) is 0 Å². The van der Waals surface area contributed by atoms with Gasteiger partial charge in [-0.1, -0.05) is 33.8 Å². The first-order valence-corrected chi connectivity index (χ1v) is 6.17. The standard InChI is InChI=1S/C10H9Cl2N3S/c1-6-7(11)3-2-4-8(6)13-5-9-10(12)16-15-14-9/h2-4,13H,5H2,1H3. The molecular formula is C10H9Cl2N3S. The Balaban J connectivity index is 2.11. The molecule has 0 saturated heterocycles. The molecule has 0 aliphatic rings. The van der Waals surface area contributed by atoms with Crippen molar-refractivity contribution in [2.24, 2.45) is 0 Å². The fourth-order valence-corrected chi connectivity index (χ4v) is 2.08. The molecule has 2 rings (SSSR count). The zero-order chi connectivity index (χ0) is 11.5. The summed E-state index contributed by atoms with van der Waals surface area (Å²) < 4.78 is 4.39. The predicted molar refractivity (Wildman–Crippen MR) is 68.4 cm³/mol. The van der Waals surface area contributed by atoms with Gasteiger partial charge < -0.3 is 5.32 Å². The minimum atomic E-state index is 0.552. The third kappa shape index (κ3) is 2.45. The number of halogens is 2. The Bertz CT molecular complexity index is 499. The average Bonchev–Trinajstić information content (AvgIpc) is 2.67. The SMILES string of the molecule is Cc1c(Cl)cccc1NCc1nnsc1Cl. The highest BCUT2D eigenvalue weighted by Crippen LogP contribution is 2.24. The normalized spacial score (nSPS) is 10.4. The first kappa shape index (κ1) is 11.6. The van der Waals surface area contributed by atoms with Gasteiger partial charge in [-0.3, -0.25) is 0 Å². The molecule has 1 N–H and O–H groups in total. The van der Waals surface area contributed by atoms with E-state index in [9.17, 15) is 0 Å². The van der Waals surface area contributed by atoms with Gasteiger partial charge in [-0.25, -0.2) is 0 Å². The zero-order valence-electron chi connectivity index (χ0n) is 8.50. The molecule has 0 unspecified atom stereocenters. The minimum absolute atomic E-state index is 0.552. The van der Waals surface area contributed by atoms with E-state index < -0.39 is 0 Å². The van der Waals surface area contributed by atoms with E-state index >= 15 is 0 Å². The number of aromatic nitrogens is 2. The van der Waals surface area contributed by atoms with E-state index in [1.54, 1.807) is 0 Å². The highest BCUT2D eigenvalue weighted by molar-refractivity contribution is 7.10. The second kappa shape index (κ2) is 4.99. The van der Waals surface area contributed by atoms with Crippen LogP contribution >= 0.6 is 34.7 Å². The van der Waals surface area contributed by atoms with Crippen molar-refractivity contribution < 1.29 is 0 Å². The Hall–Kier alpha value is -0.840. The van der Waals surface area contributed by atoms with E-state index in [2.05, 4.69) is 14.9 Å². The molecule has 84 valence electrons. The second-order valence-electron chi connectivity index (χ2n) is 3.26. The van der Waals surface area contributed by atoms with Crippen LogP contribution in [-0.2, 0) is 6.54 Å². The molecule has 0 atom stereocenters. The van der Waals surface area contributed by atoms with E-state index in [0.29, 0.717) is 10.9 Å². The van der Waals surface area contributed by atoms with Crippen LogP contribution in [0.25, 0.3) is 0 Å². The minimum Gasteiger partial charge on any atom is -0.379 e. The molecule has 0 fully saturated rings. The lowest BCUT2D eigenvalue weighted by molar-refractivity contribution is 0.997. The van der Waals surface area contributed by atoms with Crippen LogP contribution in [0.15, 0.2) is 18.2 Å². The topological polar surface area (TPSA) is 37.8 Å². The number of hydrogen-bond donors (Lipinski definition) is 1. The third-order valence-electron chi connectivity index (χ3n) is 2.22. The van der Waals surface area contributed by atoms with Crippen LogP contribution in [0, 0.1) is 6.92 Å². The van der Waals surface area contributed by atoms with Gasteiger partial charge in [0.2, 0.25) is 0 Å². The lowest BCUT2D eigenvalue weighted by Gasteiger charge is -2.09. The van der Waals surface area contributed by atoms with Gasteiger partial charge in [0.25, 0.3) is 0 Å². The van der Waals surface area contributed by atoms with Crippen molar-refractivity contribution in [3.05, 3.63) is 38.8 Å². The highest BCUT2D eigenvalue weighted by Gasteiger charge is 2.06. The Kier molecular flexibility index (Phi) is 3.63. The van der Waals surface area contributed by atoms with Crippen molar-refractivity contribution in [2.45, 2.75) is 13.5 Å². The van der Waals surface area contributed by atoms with Crippen LogP contribution < -0.4 is 5.32 Å². The summed E-state index contributed by atoms with van der Waals surface area (Å²) in [5, 5.41) is 7.90. The summed E-state index contributed by atoms with van der Waals surface area (Å²) in [6.07, 6.45) is 0. The van der Waals surface area contributed by atoms with E-state index in [0.717, 1.165) is 22.0 Å². The number of nitrogens with one attached hydrogen (secondary N) is 1. The molecule has 0 radical (unpaired) electrons. The first-order chi connectivity index (χ1) is 7.68. The summed E-state index contributed by atoms with van der Waals surface area (Å²) in [5.74, 6) is 0. The average molecular weight is 274 g/mol. The maximum Gasteiger partial charge on any atom is 0.139 e. The molecule has 6 heteroatoms. The van der Waals surface area contributed by atoms with Gasteiger partial charge in [0.05, 0.1) is 6.54 Å². The van der Waals surface area contributed by atoms with Gasteiger partial charge in [0.1, 0.15) is 10.0 Å². The smallest absolute Gasteiger partial charge is 0.139 e. The monoisotopic (exact) mass is 273 g/mol. The Morgan fingerprint density at radius 3 is 2.88 bits per heavy atom. The lowest BCUT2D eigenvalue weighted by atomic mass is 10.2. The first-order valence-electron chi connectivity index (χ1n) is 4.64. The van der Waals surface area contributed by atoms with E-state index in [1.807, 2.05) is 25.1 Å². The zero-order valence-corrected chi connectivity index (χ0v) is 10.8. The summed E-state index contributed by atoms with van der Waals surface area (Å²) in [6.45, 7) is 2.52. The van der Waals surface area contributed by atoms with Crippen molar-refractivity contribution >= 4 is 40.4 Å². The molecule has 0 aliphatic heterocycles. The molecule has 0 bridgehead atoms. The molecule has 0 saturated carbocycles. The van der Waals surface area contributed by atoms with Crippen LogP contribution in [0.5, 0.6) is 0 Å². The van der Waals surface area contributed by atoms with Gasteiger partial charge in [0, 0.05) is 22.2 Å². The van der Waals surface area contributed by atoms with Crippen molar-refractivity contribution in [3.8, 4) is 0 Å².